The molecular weight excluding hydrogens is 280 g/mol. The van der Waals surface area contributed by atoms with Crippen LogP contribution in [0.4, 0.5) is 0 Å². The lowest BCUT2D eigenvalue weighted by Gasteiger charge is -2.25. The number of sulfonamides is 1. The molecule has 112 valence electrons. The average molecular weight is 300 g/mol. The average Bonchev–Trinajstić information content (AvgIpc) is 3.04. The van der Waals surface area contributed by atoms with Gasteiger partial charge in [0.1, 0.15) is 5.76 Å². The molecule has 2 rings (SSSR count). The number of hydrogen-bond donors (Lipinski definition) is 1. The van der Waals surface area contributed by atoms with Gasteiger partial charge in [0.25, 0.3) is 0 Å². The Bertz CT molecular complexity index is 533. The fourth-order valence-electron chi connectivity index (χ4n) is 2.51. The Labute approximate surface area is 119 Å². The van der Waals surface area contributed by atoms with Gasteiger partial charge in [-0.1, -0.05) is 12.8 Å². The maximum atomic E-state index is 11.9. The lowest BCUT2D eigenvalue weighted by atomic mass is 10.2. The Morgan fingerprint density at radius 1 is 1.45 bits per heavy atom. The van der Waals surface area contributed by atoms with Gasteiger partial charge in [-0.15, -0.1) is 0 Å². The molecule has 1 aromatic heterocycles. The predicted molar refractivity (Wildman–Crippen MR) is 74.4 cm³/mol. The minimum absolute atomic E-state index is 0.0423. The van der Waals surface area contributed by atoms with Crippen molar-refractivity contribution in [1.29, 1.82) is 0 Å². The van der Waals surface area contributed by atoms with E-state index in [4.69, 9.17) is 4.42 Å². The third-order valence-electron chi connectivity index (χ3n) is 3.50. The first kappa shape index (κ1) is 15.1. The smallest absolute Gasteiger partial charge is 0.235 e. The van der Waals surface area contributed by atoms with Crippen molar-refractivity contribution < 1.29 is 17.6 Å². The van der Waals surface area contributed by atoms with E-state index in [0.29, 0.717) is 5.76 Å². The minimum atomic E-state index is -3.37. The number of furan rings is 1. The van der Waals surface area contributed by atoms with E-state index < -0.39 is 10.0 Å². The quantitative estimate of drug-likeness (QED) is 0.853. The number of nitrogens with zero attached hydrogens (tertiary/aromatic N) is 1. The van der Waals surface area contributed by atoms with Crippen LogP contribution in [0.5, 0.6) is 0 Å². The van der Waals surface area contributed by atoms with Crippen LogP contribution < -0.4 is 5.32 Å². The highest BCUT2D eigenvalue weighted by atomic mass is 32.2. The number of nitrogens with one attached hydrogen (secondary N) is 1. The van der Waals surface area contributed by atoms with E-state index in [2.05, 4.69) is 5.32 Å². The SMILES string of the molecule is CS(=O)(=O)N(CC(=O)NCc1ccco1)C1CCCC1. The van der Waals surface area contributed by atoms with Crippen molar-refractivity contribution in [2.45, 2.75) is 38.3 Å². The van der Waals surface area contributed by atoms with E-state index in [-0.39, 0.29) is 25.0 Å². The van der Waals surface area contributed by atoms with E-state index in [0.717, 1.165) is 31.9 Å². The van der Waals surface area contributed by atoms with Gasteiger partial charge in [-0.2, -0.15) is 4.31 Å². The maximum absolute atomic E-state index is 11.9. The summed E-state index contributed by atoms with van der Waals surface area (Å²) < 4.78 is 30.1. The van der Waals surface area contributed by atoms with Crippen LogP contribution in [0.3, 0.4) is 0 Å². The first-order valence-electron chi connectivity index (χ1n) is 6.73. The van der Waals surface area contributed by atoms with Crippen molar-refractivity contribution >= 4 is 15.9 Å². The molecule has 1 heterocycles. The maximum Gasteiger partial charge on any atom is 0.235 e. The summed E-state index contributed by atoms with van der Waals surface area (Å²) in [5.41, 5.74) is 0. The molecule has 1 N–H and O–H groups in total. The fourth-order valence-corrected chi connectivity index (χ4v) is 3.61. The van der Waals surface area contributed by atoms with Gasteiger partial charge in [0.2, 0.25) is 15.9 Å². The van der Waals surface area contributed by atoms with Gasteiger partial charge in [0.15, 0.2) is 0 Å². The van der Waals surface area contributed by atoms with E-state index in [1.165, 1.54) is 10.6 Å². The zero-order chi connectivity index (χ0) is 14.6. The number of hydrogen-bond acceptors (Lipinski definition) is 4. The molecule has 1 amide bonds. The summed E-state index contributed by atoms with van der Waals surface area (Å²) in [5.74, 6) is 0.337. The first-order valence-corrected chi connectivity index (χ1v) is 8.57. The normalized spacial score (nSPS) is 16.7. The Balaban J connectivity index is 1.91. The number of carbonyl (C=O) groups excluding carboxylic acids is 1. The Morgan fingerprint density at radius 3 is 2.70 bits per heavy atom. The van der Waals surface area contributed by atoms with Gasteiger partial charge < -0.3 is 9.73 Å². The topological polar surface area (TPSA) is 79.6 Å². The molecule has 0 aromatic carbocycles. The molecule has 0 radical (unpaired) electrons. The summed E-state index contributed by atoms with van der Waals surface area (Å²) >= 11 is 0. The van der Waals surface area contributed by atoms with Crippen molar-refractivity contribution in [2.75, 3.05) is 12.8 Å². The zero-order valence-electron chi connectivity index (χ0n) is 11.5. The fraction of sp³-hybridized carbons (Fsp3) is 0.615. The summed E-state index contributed by atoms with van der Waals surface area (Å²) in [5, 5.41) is 2.67. The second kappa shape index (κ2) is 6.41. The van der Waals surface area contributed by atoms with Crippen molar-refractivity contribution in [1.82, 2.24) is 9.62 Å². The molecule has 7 heteroatoms. The lowest BCUT2D eigenvalue weighted by Crippen LogP contribution is -2.44. The molecule has 0 atom stereocenters. The van der Waals surface area contributed by atoms with Crippen LogP contribution in [-0.2, 0) is 21.4 Å². The van der Waals surface area contributed by atoms with Gasteiger partial charge >= 0.3 is 0 Å². The van der Waals surface area contributed by atoms with Crippen molar-refractivity contribution in [3.8, 4) is 0 Å². The summed E-state index contributed by atoms with van der Waals surface area (Å²) in [6, 6.07) is 3.45. The summed E-state index contributed by atoms with van der Waals surface area (Å²) in [7, 11) is -3.37. The molecule has 1 fully saturated rings. The monoisotopic (exact) mass is 300 g/mol. The van der Waals surface area contributed by atoms with Crippen LogP contribution in [0, 0.1) is 0 Å². The molecule has 1 aliphatic rings. The van der Waals surface area contributed by atoms with Gasteiger partial charge in [-0.25, -0.2) is 8.42 Å². The predicted octanol–water partition coefficient (Wildman–Crippen LogP) is 1.10. The standard InChI is InChI=1S/C13H20N2O4S/c1-20(17,18)15(11-5-2-3-6-11)10-13(16)14-9-12-7-4-8-19-12/h4,7-8,11H,2-3,5-6,9-10H2,1H3,(H,14,16). The minimum Gasteiger partial charge on any atom is -0.467 e. The molecule has 1 saturated carbocycles. The van der Waals surface area contributed by atoms with Crippen LogP contribution in [0.1, 0.15) is 31.4 Å². The third kappa shape index (κ3) is 4.08. The number of rotatable bonds is 6. The van der Waals surface area contributed by atoms with Crippen LogP contribution in [0.15, 0.2) is 22.8 Å². The molecule has 0 unspecified atom stereocenters. The molecule has 0 spiro atoms. The highest BCUT2D eigenvalue weighted by Crippen LogP contribution is 2.25. The lowest BCUT2D eigenvalue weighted by molar-refractivity contribution is -0.121. The summed E-state index contributed by atoms with van der Waals surface area (Å²) in [6.07, 6.45) is 6.39. The molecule has 1 aliphatic carbocycles. The number of amides is 1. The van der Waals surface area contributed by atoms with E-state index in [1.54, 1.807) is 12.1 Å². The molecule has 0 aliphatic heterocycles. The van der Waals surface area contributed by atoms with E-state index in [9.17, 15) is 13.2 Å². The summed E-state index contributed by atoms with van der Waals surface area (Å²) in [4.78, 5) is 11.9. The Hall–Kier alpha value is -1.34. The molecule has 6 nitrogen and oxygen atoms in total. The van der Waals surface area contributed by atoms with Crippen LogP contribution in [0.2, 0.25) is 0 Å². The zero-order valence-corrected chi connectivity index (χ0v) is 12.4. The molecule has 1 aromatic rings. The van der Waals surface area contributed by atoms with Crippen molar-refractivity contribution in [3.05, 3.63) is 24.2 Å². The Morgan fingerprint density at radius 2 is 2.15 bits per heavy atom. The van der Waals surface area contributed by atoms with Gasteiger partial charge in [0.05, 0.1) is 25.6 Å². The largest absolute Gasteiger partial charge is 0.467 e. The second-order valence-electron chi connectivity index (χ2n) is 5.10. The molecule has 0 saturated heterocycles. The molecule has 20 heavy (non-hydrogen) atoms. The van der Waals surface area contributed by atoms with Crippen LogP contribution in [0.25, 0.3) is 0 Å². The number of carbonyl (C=O) groups is 1. The van der Waals surface area contributed by atoms with E-state index >= 15 is 0 Å². The van der Waals surface area contributed by atoms with Crippen molar-refractivity contribution in [3.63, 3.8) is 0 Å². The highest BCUT2D eigenvalue weighted by Gasteiger charge is 2.30. The van der Waals surface area contributed by atoms with Gasteiger partial charge in [0, 0.05) is 6.04 Å². The van der Waals surface area contributed by atoms with Gasteiger partial charge in [-0.05, 0) is 25.0 Å². The van der Waals surface area contributed by atoms with Crippen molar-refractivity contribution in [2.24, 2.45) is 0 Å². The first-order chi connectivity index (χ1) is 9.47. The Kier molecular flexibility index (Phi) is 4.82. The van der Waals surface area contributed by atoms with Crippen LogP contribution in [-0.4, -0.2) is 37.5 Å². The second-order valence-corrected chi connectivity index (χ2v) is 7.04. The van der Waals surface area contributed by atoms with Crippen LogP contribution >= 0.6 is 0 Å². The molecule has 0 bridgehead atoms. The highest BCUT2D eigenvalue weighted by molar-refractivity contribution is 7.88. The van der Waals surface area contributed by atoms with E-state index in [1.807, 2.05) is 0 Å². The summed E-state index contributed by atoms with van der Waals surface area (Å²) in [6.45, 7) is 0.151. The third-order valence-corrected chi connectivity index (χ3v) is 4.78. The molecular formula is C13H20N2O4S. The van der Waals surface area contributed by atoms with Gasteiger partial charge in [-0.3, -0.25) is 4.79 Å².